The Bertz CT molecular complexity index is 506. The number of nitrogens with zero attached hydrogens (tertiary/aromatic N) is 3. The van der Waals surface area contributed by atoms with Gasteiger partial charge in [0, 0.05) is 18.7 Å². The Hall–Kier alpha value is -1.13. The van der Waals surface area contributed by atoms with Crippen LogP contribution in [0.2, 0.25) is 5.02 Å². The first kappa shape index (κ1) is 12.3. The van der Waals surface area contributed by atoms with Crippen molar-refractivity contribution in [1.29, 1.82) is 0 Å². The van der Waals surface area contributed by atoms with Crippen LogP contribution in [0.4, 0.5) is 0 Å². The van der Waals surface area contributed by atoms with E-state index >= 15 is 0 Å². The van der Waals surface area contributed by atoms with Crippen LogP contribution in [-0.4, -0.2) is 28.2 Å². The SMILES string of the molecule is CNCC(c1nc2ccc(Cl)cn2n1)C(C)C. The van der Waals surface area contributed by atoms with E-state index in [4.69, 9.17) is 11.6 Å². The van der Waals surface area contributed by atoms with Crippen LogP contribution in [0.15, 0.2) is 18.3 Å². The summed E-state index contributed by atoms with van der Waals surface area (Å²) < 4.78 is 1.74. The molecule has 17 heavy (non-hydrogen) atoms. The predicted molar refractivity (Wildman–Crippen MR) is 69.5 cm³/mol. The molecule has 0 spiro atoms. The molecule has 1 unspecified atom stereocenters. The van der Waals surface area contributed by atoms with Gasteiger partial charge in [-0.3, -0.25) is 0 Å². The van der Waals surface area contributed by atoms with E-state index in [1.54, 1.807) is 10.7 Å². The number of hydrogen-bond acceptors (Lipinski definition) is 3. The first-order valence-corrected chi connectivity index (χ1v) is 6.16. The van der Waals surface area contributed by atoms with Crippen molar-refractivity contribution in [2.24, 2.45) is 5.92 Å². The Balaban J connectivity index is 2.40. The molecule has 1 atom stereocenters. The summed E-state index contributed by atoms with van der Waals surface area (Å²) in [5, 5.41) is 8.35. The molecule has 0 aliphatic carbocycles. The number of likely N-dealkylation sites (N-methyl/N-ethyl adjacent to an activating group) is 1. The van der Waals surface area contributed by atoms with Gasteiger partial charge in [-0.15, -0.1) is 0 Å². The summed E-state index contributed by atoms with van der Waals surface area (Å²) in [6.45, 7) is 5.24. The molecule has 2 aromatic heterocycles. The fourth-order valence-corrected chi connectivity index (χ4v) is 2.03. The largest absolute Gasteiger partial charge is 0.319 e. The van der Waals surface area contributed by atoms with Gasteiger partial charge < -0.3 is 5.32 Å². The normalized spacial score (nSPS) is 13.5. The molecular weight excluding hydrogens is 236 g/mol. The molecule has 0 amide bonds. The first-order chi connectivity index (χ1) is 8.11. The summed E-state index contributed by atoms with van der Waals surface area (Å²) in [6, 6.07) is 3.72. The summed E-state index contributed by atoms with van der Waals surface area (Å²) in [5.41, 5.74) is 0.839. The monoisotopic (exact) mass is 252 g/mol. The lowest BCUT2D eigenvalue weighted by Gasteiger charge is -2.16. The smallest absolute Gasteiger partial charge is 0.156 e. The second kappa shape index (κ2) is 5.02. The molecule has 0 saturated heterocycles. The third kappa shape index (κ3) is 2.58. The summed E-state index contributed by atoms with van der Waals surface area (Å²) >= 11 is 5.93. The van der Waals surface area contributed by atoms with Crippen molar-refractivity contribution in [3.8, 4) is 0 Å². The average molecular weight is 253 g/mol. The van der Waals surface area contributed by atoms with E-state index in [1.807, 2.05) is 19.2 Å². The number of rotatable bonds is 4. The second-order valence-corrected chi connectivity index (χ2v) is 4.96. The lowest BCUT2D eigenvalue weighted by Crippen LogP contribution is -2.22. The summed E-state index contributed by atoms with van der Waals surface area (Å²) in [4.78, 5) is 4.55. The molecule has 2 rings (SSSR count). The standard InChI is InChI=1S/C12H17ClN4/c1-8(2)10(6-14-3)12-15-11-5-4-9(13)7-17(11)16-12/h4-5,7-8,10,14H,6H2,1-3H3. The van der Waals surface area contributed by atoms with Gasteiger partial charge in [-0.25, -0.2) is 9.50 Å². The van der Waals surface area contributed by atoms with Gasteiger partial charge in [0.05, 0.1) is 5.02 Å². The van der Waals surface area contributed by atoms with E-state index in [1.165, 1.54) is 0 Å². The van der Waals surface area contributed by atoms with Crippen molar-refractivity contribution >= 4 is 17.2 Å². The number of hydrogen-bond donors (Lipinski definition) is 1. The van der Waals surface area contributed by atoms with E-state index in [2.05, 4.69) is 29.2 Å². The van der Waals surface area contributed by atoms with Crippen LogP contribution < -0.4 is 5.32 Å². The summed E-state index contributed by atoms with van der Waals surface area (Å²) in [6.07, 6.45) is 1.78. The number of nitrogens with one attached hydrogen (secondary N) is 1. The molecule has 0 fully saturated rings. The van der Waals surface area contributed by atoms with Gasteiger partial charge in [0.1, 0.15) is 0 Å². The van der Waals surface area contributed by atoms with Gasteiger partial charge in [-0.2, -0.15) is 5.10 Å². The lowest BCUT2D eigenvalue weighted by atomic mass is 9.95. The van der Waals surface area contributed by atoms with Crippen LogP contribution in [0.1, 0.15) is 25.6 Å². The Morgan fingerprint density at radius 2 is 2.18 bits per heavy atom. The van der Waals surface area contributed by atoms with Crippen LogP contribution in [0.25, 0.3) is 5.65 Å². The van der Waals surface area contributed by atoms with Gasteiger partial charge in [0.2, 0.25) is 0 Å². The van der Waals surface area contributed by atoms with Crippen molar-refractivity contribution in [3.05, 3.63) is 29.2 Å². The molecule has 2 aromatic rings. The molecule has 0 bridgehead atoms. The summed E-state index contributed by atoms with van der Waals surface area (Å²) in [5.74, 6) is 1.69. The van der Waals surface area contributed by atoms with E-state index < -0.39 is 0 Å². The van der Waals surface area contributed by atoms with E-state index in [0.717, 1.165) is 18.0 Å². The van der Waals surface area contributed by atoms with Crippen molar-refractivity contribution in [3.63, 3.8) is 0 Å². The quantitative estimate of drug-likeness (QED) is 0.908. The molecule has 4 nitrogen and oxygen atoms in total. The molecule has 0 aromatic carbocycles. The number of fused-ring (bicyclic) bond motifs is 1. The van der Waals surface area contributed by atoms with Gasteiger partial charge in [-0.05, 0) is 25.1 Å². The molecule has 0 aliphatic rings. The van der Waals surface area contributed by atoms with E-state index in [0.29, 0.717) is 16.9 Å². The average Bonchev–Trinajstić information content (AvgIpc) is 2.67. The molecule has 0 aliphatic heterocycles. The molecular formula is C12H17ClN4. The maximum atomic E-state index is 5.93. The van der Waals surface area contributed by atoms with Gasteiger partial charge >= 0.3 is 0 Å². The molecule has 5 heteroatoms. The topological polar surface area (TPSA) is 42.2 Å². The van der Waals surface area contributed by atoms with Crippen molar-refractivity contribution < 1.29 is 0 Å². The minimum Gasteiger partial charge on any atom is -0.319 e. The highest BCUT2D eigenvalue weighted by Gasteiger charge is 2.19. The zero-order valence-corrected chi connectivity index (χ0v) is 11.1. The van der Waals surface area contributed by atoms with Crippen LogP contribution in [0, 0.1) is 5.92 Å². The molecule has 0 radical (unpaired) electrons. The Kier molecular flexibility index (Phi) is 3.64. The van der Waals surface area contributed by atoms with Crippen molar-refractivity contribution in [2.75, 3.05) is 13.6 Å². The Morgan fingerprint density at radius 1 is 1.41 bits per heavy atom. The van der Waals surface area contributed by atoms with Gasteiger partial charge in [0.25, 0.3) is 0 Å². The zero-order valence-electron chi connectivity index (χ0n) is 10.3. The second-order valence-electron chi connectivity index (χ2n) is 4.53. The van der Waals surface area contributed by atoms with E-state index in [-0.39, 0.29) is 0 Å². The minimum atomic E-state index is 0.318. The number of pyridine rings is 1. The zero-order chi connectivity index (χ0) is 12.4. The highest BCUT2D eigenvalue weighted by molar-refractivity contribution is 6.30. The van der Waals surface area contributed by atoms with Crippen LogP contribution in [0.5, 0.6) is 0 Å². The number of aromatic nitrogens is 3. The minimum absolute atomic E-state index is 0.318. The third-order valence-electron chi connectivity index (χ3n) is 2.87. The lowest BCUT2D eigenvalue weighted by molar-refractivity contribution is 0.458. The van der Waals surface area contributed by atoms with Crippen LogP contribution >= 0.6 is 11.6 Å². The van der Waals surface area contributed by atoms with Crippen LogP contribution in [-0.2, 0) is 0 Å². The van der Waals surface area contributed by atoms with Gasteiger partial charge in [0.15, 0.2) is 11.5 Å². The Morgan fingerprint density at radius 3 is 2.82 bits per heavy atom. The molecule has 92 valence electrons. The fourth-order valence-electron chi connectivity index (χ4n) is 1.88. The number of halogens is 1. The maximum Gasteiger partial charge on any atom is 0.156 e. The fraction of sp³-hybridized carbons (Fsp3) is 0.500. The highest BCUT2D eigenvalue weighted by atomic mass is 35.5. The molecule has 2 heterocycles. The predicted octanol–water partition coefficient (Wildman–Crippen LogP) is 2.34. The highest BCUT2D eigenvalue weighted by Crippen LogP contribution is 2.21. The summed E-state index contributed by atoms with van der Waals surface area (Å²) in [7, 11) is 1.95. The maximum absolute atomic E-state index is 5.93. The van der Waals surface area contributed by atoms with Crippen molar-refractivity contribution in [1.82, 2.24) is 19.9 Å². The first-order valence-electron chi connectivity index (χ1n) is 5.78. The van der Waals surface area contributed by atoms with Crippen LogP contribution in [0.3, 0.4) is 0 Å². The van der Waals surface area contributed by atoms with Crippen molar-refractivity contribution in [2.45, 2.75) is 19.8 Å². The molecule has 0 saturated carbocycles. The Labute approximate surface area is 106 Å². The third-order valence-corrected chi connectivity index (χ3v) is 3.10. The van der Waals surface area contributed by atoms with Gasteiger partial charge in [-0.1, -0.05) is 25.4 Å². The van der Waals surface area contributed by atoms with E-state index in [9.17, 15) is 0 Å². The molecule has 1 N–H and O–H groups in total.